The Bertz CT molecular complexity index is 598. The number of fused-ring (bicyclic) bond motifs is 1. The van der Waals surface area contributed by atoms with Crippen LogP contribution < -0.4 is 0 Å². The number of hydrogen-bond acceptors (Lipinski definition) is 3. The van der Waals surface area contributed by atoms with E-state index in [2.05, 4.69) is 17.1 Å². The predicted octanol–water partition coefficient (Wildman–Crippen LogP) is 2.39. The van der Waals surface area contributed by atoms with Gasteiger partial charge in [0.25, 0.3) is 0 Å². The minimum Gasteiger partial charge on any atom is -0.469 e. The number of methoxy groups -OCH3 is 1. The number of carbonyl (C=O) groups excluding carboxylic acids is 1. The van der Waals surface area contributed by atoms with Crippen LogP contribution in [0.25, 0.3) is 10.9 Å². The molecule has 1 saturated heterocycles. The third kappa shape index (κ3) is 2.02. The summed E-state index contributed by atoms with van der Waals surface area (Å²) in [6, 6.07) is 8.22. The van der Waals surface area contributed by atoms with Crippen LogP contribution in [0.1, 0.15) is 18.4 Å². The van der Waals surface area contributed by atoms with Gasteiger partial charge in [-0.05, 0) is 18.1 Å². The van der Waals surface area contributed by atoms with E-state index in [1.165, 1.54) is 18.1 Å². The van der Waals surface area contributed by atoms with Gasteiger partial charge in [0.15, 0.2) is 0 Å². The topological polar surface area (TPSA) is 51.3 Å². The lowest BCUT2D eigenvalue weighted by Gasteiger charge is -2.41. The number of aromatic amines is 1. The van der Waals surface area contributed by atoms with E-state index in [9.17, 15) is 4.79 Å². The van der Waals surface area contributed by atoms with Gasteiger partial charge in [-0.2, -0.15) is 0 Å². The third-order valence-corrected chi connectivity index (χ3v) is 3.95. The molecule has 1 aromatic carbocycles. The van der Waals surface area contributed by atoms with Crippen molar-refractivity contribution in [2.45, 2.75) is 18.3 Å². The Morgan fingerprint density at radius 1 is 1.42 bits per heavy atom. The van der Waals surface area contributed by atoms with Crippen LogP contribution in [0.2, 0.25) is 0 Å². The molecule has 1 aromatic heterocycles. The van der Waals surface area contributed by atoms with E-state index in [4.69, 9.17) is 9.47 Å². The van der Waals surface area contributed by atoms with Gasteiger partial charge in [-0.1, -0.05) is 18.2 Å². The van der Waals surface area contributed by atoms with Gasteiger partial charge >= 0.3 is 5.97 Å². The van der Waals surface area contributed by atoms with Gasteiger partial charge < -0.3 is 14.5 Å². The van der Waals surface area contributed by atoms with Crippen LogP contribution in [-0.2, 0) is 19.7 Å². The van der Waals surface area contributed by atoms with E-state index in [0.717, 1.165) is 11.9 Å². The number of benzene rings is 1. The standard InChI is InChI=1S/C15H17NO3/c1-18-14(17)6-7-15(9-19-10-15)12-8-16-13-5-3-2-4-11(12)13/h2-5,8,16H,6-7,9-10H2,1H3. The lowest BCUT2D eigenvalue weighted by Crippen LogP contribution is -2.47. The Hall–Kier alpha value is -1.81. The monoisotopic (exact) mass is 259 g/mol. The summed E-state index contributed by atoms with van der Waals surface area (Å²) < 4.78 is 10.1. The fraction of sp³-hybridized carbons (Fsp3) is 0.400. The predicted molar refractivity (Wildman–Crippen MR) is 72.0 cm³/mol. The Morgan fingerprint density at radius 2 is 2.21 bits per heavy atom. The highest BCUT2D eigenvalue weighted by molar-refractivity contribution is 5.84. The Balaban J connectivity index is 1.91. The number of rotatable bonds is 4. The highest BCUT2D eigenvalue weighted by atomic mass is 16.5. The van der Waals surface area contributed by atoms with E-state index in [1.807, 2.05) is 18.3 Å². The number of ether oxygens (including phenoxy) is 2. The SMILES string of the molecule is COC(=O)CCC1(c2c[nH]c3ccccc23)COC1. The molecule has 1 N–H and O–H groups in total. The van der Waals surface area contributed by atoms with E-state index >= 15 is 0 Å². The van der Waals surface area contributed by atoms with Crippen molar-refractivity contribution in [1.29, 1.82) is 0 Å². The van der Waals surface area contributed by atoms with Crippen molar-refractivity contribution in [3.63, 3.8) is 0 Å². The molecular weight excluding hydrogens is 242 g/mol. The van der Waals surface area contributed by atoms with E-state index in [1.54, 1.807) is 0 Å². The molecular formula is C15H17NO3. The fourth-order valence-electron chi connectivity index (χ4n) is 2.74. The van der Waals surface area contributed by atoms with Crippen LogP contribution >= 0.6 is 0 Å². The first kappa shape index (κ1) is 12.2. The molecule has 19 heavy (non-hydrogen) atoms. The molecule has 0 spiro atoms. The maximum atomic E-state index is 11.4. The second kappa shape index (κ2) is 4.70. The van der Waals surface area contributed by atoms with Crippen molar-refractivity contribution in [2.75, 3.05) is 20.3 Å². The third-order valence-electron chi connectivity index (χ3n) is 3.95. The van der Waals surface area contributed by atoms with Gasteiger partial charge in [-0.25, -0.2) is 0 Å². The number of nitrogens with one attached hydrogen (secondary N) is 1. The number of esters is 1. The van der Waals surface area contributed by atoms with E-state index in [-0.39, 0.29) is 11.4 Å². The molecule has 1 aliphatic heterocycles. The second-order valence-electron chi connectivity index (χ2n) is 5.10. The number of H-pyrrole nitrogens is 1. The molecule has 0 bridgehead atoms. The maximum Gasteiger partial charge on any atom is 0.305 e. The summed E-state index contributed by atoms with van der Waals surface area (Å²) in [6.45, 7) is 1.34. The fourth-order valence-corrected chi connectivity index (χ4v) is 2.74. The number of para-hydroxylation sites is 1. The number of aromatic nitrogens is 1. The zero-order valence-electron chi connectivity index (χ0n) is 10.9. The maximum absolute atomic E-state index is 11.4. The highest BCUT2D eigenvalue weighted by Gasteiger charge is 2.42. The lowest BCUT2D eigenvalue weighted by molar-refractivity contribution is -0.142. The van der Waals surface area contributed by atoms with Gasteiger partial charge in [0.2, 0.25) is 0 Å². The molecule has 100 valence electrons. The average Bonchev–Trinajstić information content (AvgIpc) is 2.82. The lowest BCUT2D eigenvalue weighted by atomic mass is 9.75. The van der Waals surface area contributed by atoms with Crippen molar-refractivity contribution in [1.82, 2.24) is 4.98 Å². The summed E-state index contributed by atoms with van der Waals surface area (Å²) in [6.07, 6.45) is 3.24. The summed E-state index contributed by atoms with van der Waals surface area (Å²) in [5.41, 5.74) is 2.33. The minimum absolute atomic E-state index is 0.0478. The van der Waals surface area contributed by atoms with Crippen LogP contribution in [0.5, 0.6) is 0 Å². The molecule has 2 heterocycles. The van der Waals surface area contributed by atoms with Gasteiger partial charge in [0.05, 0.1) is 20.3 Å². The first-order valence-corrected chi connectivity index (χ1v) is 6.46. The van der Waals surface area contributed by atoms with Crippen molar-refractivity contribution < 1.29 is 14.3 Å². The smallest absolute Gasteiger partial charge is 0.305 e. The quantitative estimate of drug-likeness (QED) is 0.858. The van der Waals surface area contributed by atoms with E-state index < -0.39 is 0 Å². The normalized spacial score (nSPS) is 17.1. The first-order chi connectivity index (χ1) is 9.25. The van der Waals surface area contributed by atoms with Crippen molar-refractivity contribution >= 4 is 16.9 Å². The molecule has 0 amide bonds. The molecule has 0 unspecified atom stereocenters. The van der Waals surface area contributed by atoms with Gasteiger partial charge in [-0.15, -0.1) is 0 Å². The summed E-state index contributed by atoms with van der Waals surface area (Å²) in [4.78, 5) is 14.7. The van der Waals surface area contributed by atoms with Crippen LogP contribution in [0, 0.1) is 0 Å². The van der Waals surface area contributed by atoms with Crippen LogP contribution in [0.4, 0.5) is 0 Å². The number of carbonyl (C=O) groups is 1. The molecule has 0 aliphatic carbocycles. The highest BCUT2D eigenvalue weighted by Crippen LogP contribution is 2.40. The van der Waals surface area contributed by atoms with Gasteiger partial charge in [0, 0.05) is 28.9 Å². The van der Waals surface area contributed by atoms with Crippen molar-refractivity contribution in [3.8, 4) is 0 Å². The molecule has 4 nitrogen and oxygen atoms in total. The summed E-state index contributed by atoms with van der Waals surface area (Å²) >= 11 is 0. The summed E-state index contributed by atoms with van der Waals surface area (Å²) in [7, 11) is 1.43. The molecule has 1 aliphatic rings. The summed E-state index contributed by atoms with van der Waals surface area (Å²) in [5, 5.41) is 1.22. The Labute approximate surface area is 111 Å². The molecule has 1 fully saturated rings. The van der Waals surface area contributed by atoms with Gasteiger partial charge in [0.1, 0.15) is 0 Å². The Morgan fingerprint density at radius 3 is 2.89 bits per heavy atom. The zero-order valence-corrected chi connectivity index (χ0v) is 10.9. The van der Waals surface area contributed by atoms with Crippen LogP contribution in [-0.4, -0.2) is 31.3 Å². The average molecular weight is 259 g/mol. The molecule has 0 radical (unpaired) electrons. The van der Waals surface area contributed by atoms with Crippen molar-refractivity contribution in [2.24, 2.45) is 0 Å². The van der Waals surface area contributed by atoms with Crippen molar-refractivity contribution in [3.05, 3.63) is 36.0 Å². The molecule has 0 atom stereocenters. The molecule has 0 saturated carbocycles. The molecule has 4 heteroatoms. The van der Waals surface area contributed by atoms with Crippen LogP contribution in [0.15, 0.2) is 30.5 Å². The minimum atomic E-state index is -0.161. The van der Waals surface area contributed by atoms with E-state index in [0.29, 0.717) is 19.6 Å². The largest absolute Gasteiger partial charge is 0.469 e. The number of hydrogen-bond donors (Lipinski definition) is 1. The second-order valence-corrected chi connectivity index (χ2v) is 5.10. The Kier molecular flexibility index (Phi) is 3.03. The van der Waals surface area contributed by atoms with Crippen LogP contribution in [0.3, 0.4) is 0 Å². The zero-order chi connectivity index (χ0) is 13.3. The summed E-state index contributed by atoms with van der Waals surface area (Å²) in [5.74, 6) is -0.161. The van der Waals surface area contributed by atoms with Gasteiger partial charge in [-0.3, -0.25) is 4.79 Å². The molecule has 3 rings (SSSR count). The molecule has 2 aromatic rings. The first-order valence-electron chi connectivity index (χ1n) is 6.46.